The molecule has 30 heavy (non-hydrogen) atoms. The molecule has 1 saturated heterocycles. The summed E-state index contributed by atoms with van der Waals surface area (Å²) in [5.74, 6) is -0.980. The minimum atomic E-state index is -0.397. The summed E-state index contributed by atoms with van der Waals surface area (Å²) in [6, 6.07) is 11.4. The lowest BCUT2D eigenvalue weighted by atomic mass is 9.82. The molecule has 2 atom stereocenters. The minimum Gasteiger partial charge on any atom is -0.495 e. The van der Waals surface area contributed by atoms with E-state index in [0.717, 1.165) is 5.57 Å². The molecule has 1 heterocycles. The van der Waals surface area contributed by atoms with Gasteiger partial charge in [0.15, 0.2) is 0 Å². The Morgan fingerprint density at radius 2 is 1.90 bits per heavy atom. The maximum Gasteiger partial charge on any atom is 0.255 e. The minimum absolute atomic E-state index is 0.202. The Labute approximate surface area is 179 Å². The van der Waals surface area contributed by atoms with Crippen molar-refractivity contribution in [1.29, 1.82) is 0 Å². The second-order valence-electron chi connectivity index (χ2n) is 7.56. The van der Waals surface area contributed by atoms with E-state index in [4.69, 9.17) is 16.3 Å². The lowest BCUT2D eigenvalue weighted by molar-refractivity contribution is -0.122. The smallest absolute Gasteiger partial charge is 0.255 e. The van der Waals surface area contributed by atoms with Crippen molar-refractivity contribution < 1.29 is 19.1 Å². The highest BCUT2D eigenvalue weighted by Gasteiger charge is 2.48. The summed E-state index contributed by atoms with van der Waals surface area (Å²) in [5, 5.41) is 3.23. The van der Waals surface area contributed by atoms with Gasteiger partial charge < -0.3 is 10.1 Å². The third-order valence-corrected chi connectivity index (χ3v) is 5.83. The van der Waals surface area contributed by atoms with Crippen LogP contribution in [0.4, 0.5) is 11.4 Å². The molecule has 0 aromatic heterocycles. The summed E-state index contributed by atoms with van der Waals surface area (Å²) in [5.41, 5.74) is 2.28. The largest absolute Gasteiger partial charge is 0.495 e. The van der Waals surface area contributed by atoms with Crippen LogP contribution in [0.1, 0.15) is 30.1 Å². The molecule has 6 nitrogen and oxygen atoms in total. The molecule has 2 aliphatic rings. The molecule has 7 heteroatoms. The van der Waals surface area contributed by atoms with Crippen LogP contribution >= 0.6 is 11.6 Å². The molecule has 2 aromatic rings. The van der Waals surface area contributed by atoms with Gasteiger partial charge in [-0.25, -0.2) is 0 Å². The van der Waals surface area contributed by atoms with Gasteiger partial charge in [-0.15, -0.1) is 0 Å². The number of nitrogens with zero attached hydrogens (tertiary/aromatic N) is 1. The standard InChI is InChI=1S/C23H21ClN2O4/c1-13-6-8-17-18(10-13)23(29)26(22(17)28)16-5-3-4-14(11-16)21(27)25-19-12-15(24)7-9-20(19)30-2/h3-7,9,11-12,17-18H,8,10H2,1-2H3,(H,25,27)/t17-,18+/m1/s1. The average Bonchev–Trinajstić information content (AvgIpc) is 2.98. The van der Waals surface area contributed by atoms with Gasteiger partial charge in [-0.1, -0.05) is 29.3 Å². The van der Waals surface area contributed by atoms with Crippen molar-refractivity contribution in [2.45, 2.75) is 19.8 Å². The van der Waals surface area contributed by atoms with Gasteiger partial charge in [0.1, 0.15) is 5.75 Å². The fraction of sp³-hybridized carbons (Fsp3) is 0.261. The number of imide groups is 1. The lowest BCUT2D eigenvalue weighted by Crippen LogP contribution is -2.31. The molecular weight excluding hydrogens is 404 g/mol. The highest BCUT2D eigenvalue weighted by atomic mass is 35.5. The molecule has 0 saturated carbocycles. The van der Waals surface area contributed by atoms with E-state index >= 15 is 0 Å². The van der Waals surface area contributed by atoms with Crippen LogP contribution in [-0.4, -0.2) is 24.8 Å². The predicted octanol–water partition coefficient (Wildman–Crippen LogP) is 4.45. The highest BCUT2D eigenvalue weighted by Crippen LogP contribution is 2.40. The number of ether oxygens (including phenoxy) is 1. The molecular formula is C23H21ClN2O4. The Bertz CT molecular complexity index is 1080. The second kappa shape index (κ2) is 7.95. The number of anilines is 2. The summed E-state index contributed by atoms with van der Waals surface area (Å²) < 4.78 is 5.26. The van der Waals surface area contributed by atoms with Gasteiger partial charge in [0.2, 0.25) is 11.8 Å². The lowest BCUT2D eigenvalue weighted by Gasteiger charge is -2.18. The van der Waals surface area contributed by atoms with Crippen LogP contribution in [0.25, 0.3) is 0 Å². The molecule has 0 bridgehead atoms. The molecule has 0 unspecified atom stereocenters. The zero-order chi connectivity index (χ0) is 21.4. The Balaban J connectivity index is 1.59. The number of hydrogen-bond donors (Lipinski definition) is 1. The number of methoxy groups -OCH3 is 1. The maximum absolute atomic E-state index is 12.9. The molecule has 154 valence electrons. The van der Waals surface area contributed by atoms with Gasteiger partial charge in [-0.2, -0.15) is 0 Å². The zero-order valence-corrected chi connectivity index (χ0v) is 17.4. The van der Waals surface area contributed by atoms with Crippen LogP contribution in [0.2, 0.25) is 5.02 Å². The Morgan fingerprint density at radius 3 is 2.67 bits per heavy atom. The molecule has 0 spiro atoms. The third kappa shape index (κ3) is 3.59. The summed E-state index contributed by atoms with van der Waals surface area (Å²) in [4.78, 5) is 39.9. The van der Waals surface area contributed by atoms with Crippen molar-refractivity contribution in [1.82, 2.24) is 0 Å². The second-order valence-corrected chi connectivity index (χ2v) is 8.00. The first-order chi connectivity index (χ1) is 14.4. The number of rotatable bonds is 4. The predicted molar refractivity (Wildman–Crippen MR) is 115 cm³/mol. The molecule has 4 rings (SSSR count). The van der Waals surface area contributed by atoms with Crippen LogP contribution in [-0.2, 0) is 9.59 Å². The number of halogens is 1. The van der Waals surface area contributed by atoms with E-state index in [-0.39, 0.29) is 23.7 Å². The number of benzene rings is 2. The van der Waals surface area contributed by atoms with Gasteiger partial charge in [0.05, 0.1) is 30.3 Å². The number of nitrogens with one attached hydrogen (secondary N) is 1. The normalized spacial score (nSPS) is 20.6. The highest BCUT2D eigenvalue weighted by molar-refractivity contribution is 6.31. The Morgan fingerprint density at radius 1 is 1.13 bits per heavy atom. The van der Waals surface area contributed by atoms with E-state index in [2.05, 4.69) is 5.32 Å². The van der Waals surface area contributed by atoms with Crippen LogP contribution < -0.4 is 15.0 Å². The van der Waals surface area contributed by atoms with Gasteiger partial charge in [-0.3, -0.25) is 19.3 Å². The van der Waals surface area contributed by atoms with Crippen molar-refractivity contribution >= 4 is 40.7 Å². The number of hydrogen-bond acceptors (Lipinski definition) is 4. The van der Waals surface area contributed by atoms with Crippen LogP contribution in [0.15, 0.2) is 54.1 Å². The topological polar surface area (TPSA) is 75.7 Å². The number of allylic oxidation sites excluding steroid dienone is 2. The van der Waals surface area contributed by atoms with Crippen LogP contribution in [0, 0.1) is 11.8 Å². The molecule has 1 aliphatic heterocycles. The molecule has 1 N–H and O–H groups in total. The molecule has 1 aliphatic carbocycles. The monoisotopic (exact) mass is 424 g/mol. The van der Waals surface area contributed by atoms with Gasteiger partial charge >= 0.3 is 0 Å². The Hall–Kier alpha value is -3.12. The van der Waals surface area contributed by atoms with E-state index in [1.807, 2.05) is 13.0 Å². The number of carbonyl (C=O) groups is 3. The first kappa shape index (κ1) is 20.2. The van der Waals surface area contributed by atoms with E-state index in [9.17, 15) is 14.4 Å². The first-order valence-corrected chi connectivity index (χ1v) is 10.0. The molecule has 3 amide bonds. The van der Waals surface area contributed by atoms with E-state index in [1.54, 1.807) is 42.5 Å². The van der Waals surface area contributed by atoms with Gasteiger partial charge in [-0.05, 0) is 56.2 Å². The van der Waals surface area contributed by atoms with E-state index in [0.29, 0.717) is 40.6 Å². The molecule has 2 aromatic carbocycles. The molecule has 1 fully saturated rings. The van der Waals surface area contributed by atoms with Gasteiger partial charge in [0.25, 0.3) is 5.91 Å². The van der Waals surface area contributed by atoms with Crippen LogP contribution in [0.5, 0.6) is 5.75 Å². The van der Waals surface area contributed by atoms with Crippen molar-refractivity contribution in [3.05, 3.63) is 64.7 Å². The number of fused-ring (bicyclic) bond motifs is 1. The number of amides is 3. The maximum atomic E-state index is 12.9. The third-order valence-electron chi connectivity index (χ3n) is 5.60. The van der Waals surface area contributed by atoms with Crippen molar-refractivity contribution in [3.63, 3.8) is 0 Å². The Kier molecular flexibility index (Phi) is 5.35. The summed E-state index contributed by atoms with van der Waals surface area (Å²) in [6.07, 6.45) is 3.20. The van der Waals surface area contributed by atoms with Crippen molar-refractivity contribution in [2.75, 3.05) is 17.3 Å². The van der Waals surface area contributed by atoms with E-state index in [1.165, 1.54) is 12.0 Å². The molecule has 0 radical (unpaired) electrons. The fourth-order valence-corrected chi connectivity index (χ4v) is 4.22. The average molecular weight is 425 g/mol. The van der Waals surface area contributed by atoms with Crippen LogP contribution in [0.3, 0.4) is 0 Å². The SMILES string of the molecule is COc1ccc(Cl)cc1NC(=O)c1cccc(N2C(=O)[C@H]3CC(C)=CC[C@H]3C2=O)c1. The van der Waals surface area contributed by atoms with Crippen molar-refractivity contribution in [3.8, 4) is 5.75 Å². The fourth-order valence-electron chi connectivity index (χ4n) is 4.05. The summed E-state index contributed by atoms with van der Waals surface area (Å²) >= 11 is 6.02. The van der Waals surface area contributed by atoms with Gasteiger partial charge in [0, 0.05) is 10.6 Å². The van der Waals surface area contributed by atoms with Crippen molar-refractivity contribution in [2.24, 2.45) is 11.8 Å². The summed E-state index contributed by atoms with van der Waals surface area (Å²) in [7, 11) is 1.50. The zero-order valence-electron chi connectivity index (χ0n) is 16.6. The van der Waals surface area contributed by atoms with E-state index < -0.39 is 5.91 Å². The first-order valence-electron chi connectivity index (χ1n) is 9.67. The summed E-state index contributed by atoms with van der Waals surface area (Å²) in [6.45, 7) is 1.98. The number of carbonyl (C=O) groups excluding carboxylic acids is 3. The quantitative estimate of drug-likeness (QED) is 0.581.